The molecule has 0 saturated heterocycles. The van der Waals surface area contributed by atoms with Crippen LogP contribution in [0.4, 0.5) is 0 Å². The van der Waals surface area contributed by atoms with Gasteiger partial charge in [-0.25, -0.2) is 0 Å². The number of rotatable bonds is 46. The maximum Gasteiger partial charge on any atom is 0.305 e. The molecule has 51 heavy (non-hydrogen) atoms. The number of ether oxygens (including phenoxy) is 11. The zero-order valence-electron chi connectivity index (χ0n) is 32.9. The molecule has 0 aliphatic heterocycles. The lowest BCUT2D eigenvalue weighted by Crippen LogP contribution is -2.15. The predicted molar refractivity (Wildman–Crippen MR) is 200 cm³/mol. The van der Waals surface area contributed by atoms with E-state index in [1.165, 1.54) is 77.0 Å². The molecular weight excluding hydrogens is 660 g/mol. The molecule has 306 valence electrons. The normalized spacial score (nSPS) is 11.5. The number of unbranched alkanes of at least 4 members (excludes halogenated alkanes) is 12. The molecular formula is C39H78O12. The van der Waals surface area contributed by atoms with Crippen LogP contribution in [0.15, 0.2) is 0 Å². The molecule has 0 aromatic carbocycles. The van der Waals surface area contributed by atoms with Gasteiger partial charge in [0.1, 0.15) is 6.61 Å². The third-order valence-corrected chi connectivity index (χ3v) is 7.69. The third kappa shape index (κ3) is 47.0. The molecule has 0 aromatic heterocycles. The van der Waals surface area contributed by atoms with E-state index in [1.54, 1.807) is 0 Å². The van der Waals surface area contributed by atoms with Gasteiger partial charge in [0.25, 0.3) is 0 Å². The first-order valence-electron chi connectivity index (χ1n) is 20.2. The zero-order chi connectivity index (χ0) is 36.8. The topological polar surface area (TPSA) is 119 Å². The molecule has 0 fully saturated rings. The molecule has 0 aromatic rings. The van der Waals surface area contributed by atoms with Crippen LogP contribution in [-0.4, -0.2) is 145 Å². The quantitative estimate of drug-likeness (QED) is 0.0496. The van der Waals surface area contributed by atoms with Gasteiger partial charge >= 0.3 is 5.97 Å². The van der Waals surface area contributed by atoms with Gasteiger partial charge in [0, 0.05) is 13.0 Å². The van der Waals surface area contributed by atoms with Gasteiger partial charge in [-0.1, -0.05) is 90.9 Å². The molecule has 0 rings (SSSR count). The fourth-order valence-electron chi connectivity index (χ4n) is 4.79. The smallest absolute Gasteiger partial charge is 0.305 e. The lowest BCUT2D eigenvalue weighted by molar-refractivity contribution is -0.145. The highest BCUT2D eigenvalue weighted by Crippen LogP contribution is 2.12. The molecule has 0 spiro atoms. The van der Waals surface area contributed by atoms with Gasteiger partial charge in [0.2, 0.25) is 0 Å². The first-order valence-corrected chi connectivity index (χ1v) is 20.2. The van der Waals surface area contributed by atoms with Crippen molar-refractivity contribution >= 4 is 5.97 Å². The van der Waals surface area contributed by atoms with Crippen LogP contribution in [0.5, 0.6) is 0 Å². The number of hydrogen-bond donors (Lipinski definition) is 0. The van der Waals surface area contributed by atoms with E-state index in [-0.39, 0.29) is 12.6 Å². The van der Waals surface area contributed by atoms with Gasteiger partial charge in [0.05, 0.1) is 126 Å². The first-order chi connectivity index (χ1) is 25.3. The molecule has 0 bridgehead atoms. The lowest BCUT2D eigenvalue weighted by atomic mass is 10.0. The molecule has 0 N–H and O–H groups in total. The Morgan fingerprint density at radius 3 is 0.784 bits per heavy atom. The van der Waals surface area contributed by atoms with Gasteiger partial charge in [-0.15, -0.1) is 0 Å². The second kappa shape index (κ2) is 47.1. The van der Waals surface area contributed by atoms with Gasteiger partial charge in [-0.05, 0) is 12.8 Å². The molecule has 0 atom stereocenters. The predicted octanol–water partition coefficient (Wildman–Crippen LogP) is 6.59. The monoisotopic (exact) mass is 739 g/mol. The highest BCUT2D eigenvalue weighted by molar-refractivity contribution is 5.69. The van der Waals surface area contributed by atoms with Crippen molar-refractivity contribution in [2.24, 2.45) is 0 Å². The van der Waals surface area contributed by atoms with E-state index in [0.717, 1.165) is 19.4 Å². The Balaban J connectivity index is 3.06. The standard InChI is InChI=1S/C39H78O12/c1-3-5-6-7-8-9-10-11-12-13-14-15-16-18-41-19-20-42-21-22-43-23-24-44-25-26-45-27-28-46-29-30-47-31-32-48-33-34-49-35-36-50-37-38-51-39(40)17-4-2/h3-38H2,1-2H3. The van der Waals surface area contributed by atoms with Crippen LogP contribution in [0, 0.1) is 0 Å². The second-order valence-electron chi connectivity index (χ2n) is 12.3. The molecule has 0 unspecified atom stereocenters. The summed E-state index contributed by atoms with van der Waals surface area (Å²) in [6, 6.07) is 0. The van der Waals surface area contributed by atoms with Crippen molar-refractivity contribution in [1.82, 2.24) is 0 Å². The van der Waals surface area contributed by atoms with E-state index >= 15 is 0 Å². The SMILES string of the molecule is CCCCCCCCCCCCCCCOCCOCCOCCOCCOCCOCCOCCOCCOCCOCCOC(=O)CCC. The number of esters is 1. The second-order valence-corrected chi connectivity index (χ2v) is 12.3. The average Bonchev–Trinajstić information content (AvgIpc) is 3.13. The van der Waals surface area contributed by atoms with Crippen LogP contribution >= 0.6 is 0 Å². The molecule has 0 aliphatic rings. The van der Waals surface area contributed by atoms with E-state index in [1.807, 2.05) is 6.92 Å². The summed E-state index contributed by atoms with van der Waals surface area (Å²) in [6.07, 6.45) is 19.0. The zero-order valence-corrected chi connectivity index (χ0v) is 32.9. The van der Waals surface area contributed by atoms with Crippen molar-refractivity contribution < 1.29 is 56.9 Å². The van der Waals surface area contributed by atoms with Crippen LogP contribution in [0.25, 0.3) is 0 Å². The van der Waals surface area contributed by atoms with Crippen LogP contribution < -0.4 is 0 Å². The molecule has 0 heterocycles. The summed E-state index contributed by atoms with van der Waals surface area (Å²) >= 11 is 0. The largest absolute Gasteiger partial charge is 0.463 e. The van der Waals surface area contributed by atoms with Crippen molar-refractivity contribution in [1.29, 1.82) is 0 Å². The fourth-order valence-corrected chi connectivity index (χ4v) is 4.79. The summed E-state index contributed by atoms with van der Waals surface area (Å²) in [6.45, 7) is 15.2. The van der Waals surface area contributed by atoms with Crippen molar-refractivity contribution in [2.75, 3.05) is 139 Å². The minimum atomic E-state index is -0.185. The summed E-state index contributed by atoms with van der Waals surface area (Å²) in [5.74, 6) is -0.185. The minimum Gasteiger partial charge on any atom is -0.463 e. The molecule has 0 saturated carbocycles. The number of carbonyl (C=O) groups excluding carboxylic acids is 1. The maximum atomic E-state index is 11.2. The minimum absolute atomic E-state index is 0.185. The Bertz CT molecular complexity index is 643. The third-order valence-electron chi connectivity index (χ3n) is 7.69. The van der Waals surface area contributed by atoms with E-state index in [4.69, 9.17) is 52.1 Å². The van der Waals surface area contributed by atoms with Crippen molar-refractivity contribution in [3.8, 4) is 0 Å². The lowest BCUT2D eigenvalue weighted by Gasteiger charge is -2.09. The van der Waals surface area contributed by atoms with Gasteiger partial charge in [0.15, 0.2) is 0 Å². The molecule has 0 amide bonds. The molecule has 12 heteroatoms. The van der Waals surface area contributed by atoms with Crippen LogP contribution in [0.1, 0.15) is 110 Å². The summed E-state index contributed by atoms with van der Waals surface area (Å²) in [7, 11) is 0. The molecule has 0 aliphatic carbocycles. The Kier molecular flexibility index (Phi) is 46.2. The number of hydrogen-bond acceptors (Lipinski definition) is 12. The summed E-state index contributed by atoms with van der Waals surface area (Å²) < 4.78 is 60.0. The molecule has 12 nitrogen and oxygen atoms in total. The highest BCUT2D eigenvalue weighted by Gasteiger charge is 2.00. The van der Waals surface area contributed by atoms with Gasteiger partial charge in [-0.3, -0.25) is 4.79 Å². The maximum absolute atomic E-state index is 11.2. The van der Waals surface area contributed by atoms with Crippen molar-refractivity contribution in [2.45, 2.75) is 110 Å². The Hall–Kier alpha value is -0.930. The van der Waals surface area contributed by atoms with Crippen molar-refractivity contribution in [3.63, 3.8) is 0 Å². The van der Waals surface area contributed by atoms with Gasteiger partial charge in [-0.2, -0.15) is 0 Å². The molecule has 0 radical (unpaired) electrons. The Morgan fingerprint density at radius 2 is 0.510 bits per heavy atom. The average molecular weight is 739 g/mol. The summed E-state index contributed by atoms with van der Waals surface area (Å²) in [4.78, 5) is 11.2. The van der Waals surface area contributed by atoms with E-state index in [0.29, 0.717) is 132 Å². The fraction of sp³-hybridized carbons (Fsp3) is 0.974. The van der Waals surface area contributed by atoms with Crippen LogP contribution in [0.3, 0.4) is 0 Å². The Labute approximate surface area is 311 Å². The van der Waals surface area contributed by atoms with Crippen molar-refractivity contribution in [3.05, 3.63) is 0 Å². The van der Waals surface area contributed by atoms with Gasteiger partial charge < -0.3 is 52.1 Å². The highest BCUT2D eigenvalue weighted by atomic mass is 16.6. The summed E-state index contributed by atoms with van der Waals surface area (Å²) in [5.41, 5.74) is 0. The van der Waals surface area contributed by atoms with E-state index in [9.17, 15) is 4.79 Å². The number of carbonyl (C=O) groups is 1. The summed E-state index contributed by atoms with van der Waals surface area (Å²) in [5, 5.41) is 0. The van der Waals surface area contributed by atoms with Crippen LogP contribution in [0.2, 0.25) is 0 Å². The van der Waals surface area contributed by atoms with E-state index < -0.39 is 0 Å². The van der Waals surface area contributed by atoms with Crippen LogP contribution in [-0.2, 0) is 56.9 Å². The van der Waals surface area contributed by atoms with E-state index in [2.05, 4.69) is 6.92 Å². The first kappa shape index (κ1) is 50.1. The Morgan fingerprint density at radius 1 is 0.275 bits per heavy atom.